The van der Waals surface area contributed by atoms with Crippen molar-refractivity contribution in [1.82, 2.24) is 4.31 Å². The molecule has 3 rings (SSSR count). The minimum Gasteiger partial charge on any atom is -0.454 e. The monoisotopic (exact) mass is 394 g/mol. The lowest BCUT2D eigenvalue weighted by Gasteiger charge is -2.21. The van der Waals surface area contributed by atoms with E-state index in [2.05, 4.69) is 11.4 Å². The van der Waals surface area contributed by atoms with Crippen molar-refractivity contribution in [3.05, 3.63) is 29.8 Å². The molecule has 1 aromatic carbocycles. The van der Waals surface area contributed by atoms with Crippen molar-refractivity contribution in [3.63, 3.8) is 0 Å². The summed E-state index contributed by atoms with van der Waals surface area (Å²) in [6.07, 6.45) is 8.74. The van der Waals surface area contributed by atoms with Crippen LogP contribution in [0.2, 0.25) is 0 Å². The number of nitrogens with one attached hydrogen (secondary N) is 1. The molecule has 0 saturated carbocycles. The van der Waals surface area contributed by atoms with Crippen LogP contribution in [-0.4, -0.2) is 44.8 Å². The van der Waals surface area contributed by atoms with Gasteiger partial charge in [0.25, 0.3) is 0 Å². The Morgan fingerprint density at radius 3 is 2.74 bits per heavy atom. The summed E-state index contributed by atoms with van der Waals surface area (Å²) in [7, 11) is -3.35. The maximum Gasteiger partial charge on any atom is 0.231 e. The van der Waals surface area contributed by atoms with Crippen LogP contribution in [0.5, 0.6) is 11.5 Å². The summed E-state index contributed by atoms with van der Waals surface area (Å²) in [4.78, 5) is 12.2. The van der Waals surface area contributed by atoms with E-state index in [1.54, 1.807) is 18.2 Å². The standard InChI is InChI=1S/C19H26N2O5S/c1-27(23,24)21(11-9-15-5-3-2-4-6-15)12-10-19(22)20-16-7-8-17-18(13-16)26-14-25-17/h5,7-8,13H,2-4,6,9-12,14H2,1H3,(H,20,22). The van der Waals surface area contributed by atoms with Crippen molar-refractivity contribution < 1.29 is 22.7 Å². The number of amides is 1. The maximum atomic E-state index is 12.2. The van der Waals surface area contributed by atoms with Gasteiger partial charge in [-0.05, 0) is 44.2 Å². The molecule has 0 unspecified atom stereocenters. The topological polar surface area (TPSA) is 84.9 Å². The highest BCUT2D eigenvalue weighted by atomic mass is 32.2. The van der Waals surface area contributed by atoms with E-state index in [4.69, 9.17) is 9.47 Å². The van der Waals surface area contributed by atoms with E-state index in [-0.39, 0.29) is 25.7 Å². The quantitative estimate of drug-likeness (QED) is 0.686. The fourth-order valence-electron chi connectivity index (χ4n) is 3.27. The van der Waals surface area contributed by atoms with Crippen molar-refractivity contribution in [3.8, 4) is 11.5 Å². The van der Waals surface area contributed by atoms with Gasteiger partial charge in [-0.1, -0.05) is 11.6 Å². The fourth-order valence-corrected chi connectivity index (χ4v) is 4.11. The van der Waals surface area contributed by atoms with Gasteiger partial charge in [-0.2, -0.15) is 0 Å². The number of hydrogen-bond acceptors (Lipinski definition) is 5. The van der Waals surface area contributed by atoms with E-state index in [0.29, 0.717) is 23.7 Å². The molecule has 27 heavy (non-hydrogen) atoms. The lowest BCUT2D eigenvalue weighted by Crippen LogP contribution is -2.34. The highest BCUT2D eigenvalue weighted by molar-refractivity contribution is 7.88. The lowest BCUT2D eigenvalue weighted by molar-refractivity contribution is -0.116. The highest BCUT2D eigenvalue weighted by Crippen LogP contribution is 2.34. The largest absolute Gasteiger partial charge is 0.454 e. The van der Waals surface area contributed by atoms with Gasteiger partial charge in [0, 0.05) is 31.3 Å². The molecule has 1 heterocycles. The Balaban J connectivity index is 1.51. The number of nitrogens with zero attached hydrogens (tertiary/aromatic N) is 1. The molecular weight excluding hydrogens is 368 g/mol. The third-order valence-electron chi connectivity index (χ3n) is 4.78. The average Bonchev–Trinajstić information content (AvgIpc) is 3.09. The molecule has 1 N–H and O–H groups in total. The number of ether oxygens (including phenoxy) is 2. The van der Waals surface area contributed by atoms with Gasteiger partial charge in [0.15, 0.2) is 11.5 Å². The number of carbonyl (C=O) groups is 1. The Kier molecular flexibility index (Phi) is 6.38. The number of carbonyl (C=O) groups excluding carboxylic acids is 1. The van der Waals surface area contributed by atoms with E-state index in [1.807, 2.05) is 0 Å². The van der Waals surface area contributed by atoms with Gasteiger partial charge < -0.3 is 14.8 Å². The average molecular weight is 394 g/mol. The predicted octanol–water partition coefficient (Wildman–Crippen LogP) is 2.90. The summed E-state index contributed by atoms with van der Waals surface area (Å²) in [6, 6.07) is 5.16. The molecule has 0 aromatic heterocycles. The summed E-state index contributed by atoms with van der Waals surface area (Å²) >= 11 is 0. The number of allylic oxidation sites excluding steroid dienone is 1. The van der Waals surface area contributed by atoms with Crippen LogP contribution in [0.4, 0.5) is 5.69 Å². The molecule has 1 aliphatic carbocycles. The zero-order valence-corrected chi connectivity index (χ0v) is 16.4. The number of rotatable bonds is 8. The Morgan fingerprint density at radius 2 is 2.00 bits per heavy atom. The molecule has 0 spiro atoms. The number of benzene rings is 1. The van der Waals surface area contributed by atoms with Crippen LogP contribution >= 0.6 is 0 Å². The number of anilines is 1. The van der Waals surface area contributed by atoms with Crippen molar-refractivity contribution in [1.29, 1.82) is 0 Å². The smallest absolute Gasteiger partial charge is 0.231 e. The first-order valence-electron chi connectivity index (χ1n) is 9.24. The van der Waals surface area contributed by atoms with Gasteiger partial charge in [0.1, 0.15) is 0 Å². The maximum absolute atomic E-state index is 12.2. The predicted molar refractivity (Wildman–Crippen MR) is 103 cm³/mol. The first-order chi connectivity index (χ1) is 12.9. The van der Waals surface area contributed by atoms with E-state index >= 15 is 0 Å². The van der Waals surface area contributed by atoms with Gasteiger partial charge >= 0.3 is 0 Å². The van der Waals surface area contributed by atoms with Crippen LogP contribution in [0.3, 0.4) is 0 Å². The van der Waals surface area contributed by atoms with Crippen molar-refractivity contribution in [2.24, 2.45) is 0 Å². The van der Waals surface area contributed by atoms with Crippen LogP contribution in [0.1, 0.15) is 38.5 Å². The molecule has 2 aliphatic rings. The second-order valence-corrected chi connectivity index (χ2v) is 8.87. The molecule has 7 nitrogen and oxygen atoms in total. The van der Waals surface area contributed by atoms with E-state index in [0.717, 1.165) is 19.3 Å². The molecule has 0 radical (unpaired) electrons. The zero-order chi connectivity index (χ0) is 19.3. The van der Waals surface area contributed by atoms with Crippen LogP contribution < -0.4 is 14.8 Å². The summed E-state index contributed by atoms with van der Waals surface area (Å²) in [5, 5.41) is 2.78. The third kappa shape index (κ3) is 5.71. The summed E-state index contributed by atoms with van der Waals surface area (Å²) in [5.74, 6) is 0.999. The van der Waals surface area contributed by atoms with Gasteiger partial charge in [0.05, 0.1) is 6.26 Å². The molecule has 148 valence electrons. The lowest BCUT2D eigenvalue weighted by atomic mass is 9.97. The minimum atomic E-state index is -3.35. The first kappa shape index (κ1) is 19.7. The second kappa shape index (κ2) is 8.75. The van der Waals surface area contributed by atoms with Crippen molar-refractivity contribution in [2.45, 2.75) is 38.5 Å². The minimum absolute atomic E-state index is 0.0978. The molecule has 0 atom stereocenters. The Bertz CT molecular complexity index is 819. The van der Waals surface area contributed by atoms with Crippen molar-refractivity contribution in [2.75, 3.05) is 31.5 Å². The molecule has 1 aliphatic heterocycles. The molecule has 0 saturated heterocycles. The van der Waals surface area contributed by atoms with E-state index < -0.39 is 10.0 Å². The van der Waals surface area contributed by atoms with Crippen LogP contribution in [0.25, 0.3) is 0 Å². The normalized spacial score (nSPS) is 16.3. The Labute approximate surface area is 160 Å². The Morgan fingerprint density at radius 1 is 1.19 bits per heavy atom. The molecule has 1 amide bonds. The second-order valence-electron chi connectivity index (χ2n) is 6.89. The van der Waals surface area contributed by atoms with Gasteiger partial charge in [-0.25, -0.2) is 12.7 Å². The molecular formula is C19H26N2O5S. The SMILES string of the molecule is CS(=O)(=O)N(CCC(=O)Nc1ccc2c(c1)OCO2)CCC1=CCCCC1. The summed E-state index contributed by atoms with van der Waals surface area (Å²) in [5.41, 5.74) is 1.92. The molecule has 0 bridgehead atoms. The van der Waals surface area contributed by atoms with Gasteiger partial charge in [-0.15, -0.1) is 0 Å². The van der Waals surface area contributed by atoms with E-state index in [1.165, 1.54) is 29.0 Å². The third-order valence-corrected chi connectivity index (χ3v) is 6.08. The van der Waals surface area contributed by atoms with Crippen molar-refractivity contribution >= 4 is 21.6 Å². The number of hydrogen-bond donors (Lipinski definition) is 1. The van der Waals surface area contributed by atoms with Crippen LogP contribution in [0.15, 0.2) is 29.8 Å². The van der Waals surface area contributed by atoms with Crippen LogP contribution in [-0.2, 0) is 14.8 Å². The first-order valence-corrected chi connectivity index (χ1v) is 11.1. The highest BCUT2D eigenvalue weighted by Gasteiger charge is 2.19. The van der Waals surface area contributed by atoms with E-state index in [9.17, 15) is 13.2 Å². The summed E-state index contributed by atoms with van der Waals surface area (Å²) < 4.78 is 36.0. The molecule has 0 fully saturated rings. The zero-order valence-electron chi connectivity index (χ0n) is 15.6. The Hall–Kier alpha value is -2.06. The number of sulfonamides is 1. The van der Waals surface area contributed by atoms with Gasteiger partial charge in [-0.3, -0.25) is 4.79 Å². The summed E-state index contributed by atoms with van der Waals surface area (Å²) in [6.45, 7) is 0.761. The molecule has 8 heteroatoms. The van der Waals surface area contributed by atoms with Crippen LogP contribution in [0, 0.1) is 0 Å². The number of fused-ring (bicyclic) bond motifs is 1. The fraction of sp³-hybridized carbons (Fsp3) is 0.526. The van der Waals surface area contributed by atoms with Gasteiger partial charge in [0.2, 0.25) is 22.7 Å². The molecule has 1 aromatic rings.